The van der Waals surface area contributed by atoms with Gasteiger partial charge in [-0.15, -0.1) is 0 Å². The number of hydrogen-bond acceptors (Lipinski definition) is 0. The molecule has 2 aromatic rings. The van der Waals surface area contributed by atoms with Gasteiger partial charge in [0.2, 0.25) is 0 Å². The Morgan fingerprint density at radius 1 is 0.773 bits per heavy atom. The van der Waals surface area contributed by atoms with Crippen molar-refractivity contribution in [3.63, 3.8) is 0 Å². The molecule has 0 unspecified atom stereocenters. The molecular weight excluding hydrogens is 280 g/mol. The van der Waals surface area contributed by atoms with E-state index in [0.29, 0.717) is 0 Å². The second kappa shape index (κ2) is 6.14. The summed E-state index contributed by atoms with van der Waals surface area (Å²) in [5.74, 6) is 6.76. The molecule has 0 aliphatic carbocycles. The SMILES string of the molecule is CC(C)(C)C#Cc1ccccc1-c1ccccc1[Si](C)(C)C. The van der Waals surface area contributed by atoms with Crippen LogP contribution in [-0.4, -0.2) is 8.07 Å². The lowest BCUT2D eigenvalue weighted by atomic mass is 9.95. The molecule has 2 aromatic carbocycles. The molecule has 0 atom stereocenters. The summed E-state index contributed by atoms with van der Waals surface area (Å²) in [6.45, 7) is 13.6. The van der Waals surface area contributed by atoms with Gasteiger partial charge in [0, 0.05) is 11.0 Å². The monoisotopic (exact) mass is 306 g/mol. The van der Waals surface area contributed by atoms with E-state index in [-0.39, 0.29) is 5.41 Å². The third-order valence-corrected chi connectivity index (χ3v) is 5.58. The maximum Gasteiger partial charge on any atom is 0.0784 e. The van der Waals surface area contributed by atoms with Gasteiger partial charge in [0.25, 0.3) is 0 Å². The third kappa shape index (κ3) is 4.12. The summed E-state index contributed by atoms with van der Waals surface area (Å²) in [6.07, 6.45) is 0. The van der Waals surface area contributed by atoms with E-state index >= 15 is 0 Å². The first-order chi connectivity index (χ1) is 10.2. The zero-order valence-corrected chi connectivity index (χ0v) is 15.6. The van der Waals surface area contributed by atoms with E-state index < -0.39 is 8.07 Å². The highest BCUT2D eigenvalue weighted by Crippen LogP contribution is 2.24. The van der Waals surface area contributed by atoms with E-state index in [2.05, 4.69) is 101 Å². The van der Waals surface area contributed by atoms with Crippen LogP contribution >= 0.6 is 0 Å². The third-order valence-electron chi connectivity index (χ3n) is 3.52. The van der Waals surface area contributed by atoms with E-state index in [9.17, 15) is 0 Å². The molecule has 0 spiro atoms. The maximum absolute atomic E-state index is 3.40. The smallest absolute Gasteiger partial charge is 0.0784 e. The van der Waals surface area contributed by atoms with Crippen LogP contribution in [0.25, 0.3) is 11.1 Å². The van der Waals surface area contributed by atoms with E-state index in [1.165, 1.54) is 16.3 Å². The lowest BCUT2D eigenvalue weighted by Gasteiger charge is -2.21. The lowest BCUT2D eigenvalue weighted by Crippen LogP contribution is -2.38. The van der Waals surface area contributed by atoms with Crippen molar-refractivity contribution >= 4 is 13.3 Å². The van der Waals surface area contributed by atoms with Gasteiger partial charge in [-0.05, 0) is 38.0 Å². The van der Waals surface area contributed by atoms with Gasteiger partial charge in [-0.1, -0.05) is 79.1 Å². The molecule has 22 heavy (non-hydrogen) atoms. The Kier molecular flexibility index (Phi) is 4.63. The first-order valence-corrected chi connectivity index (χ1v) is 11.4. The van der Waals surface area contributed by atoms with Crippen molar-refractivity contribution in [2.45, 2.75) is 40.4 Å². The van der Waals surface area contributed by atoms with E-state index in [0.717, 1.165) is 5.56 Å². The molecule has 0 nitrogen and oxygen atoms in total. The minimum absolute atomic E-state index is 0.0193. The molecule has 0 bridgehead atoms. The van der Waals surface area contributed by atoms with Crippen molar-refractivity contribution in [2.24, 2.45) is 5.41 Å². The van der Waals surface area contributed by atoms with Crippen molar-refractivity contribution < 1.29 is 0 Å². The average molecular weight is 307 g/mol. The first kappa shape index (κ1) is 16.6. The van der Waals surface area contributed by atoms with Crippen LogP contribution < -0.4 is 5.19 Å². The molecule has 0 N–H and O–H groups in total. The summed E-state index contributed by atoms with van der Waals surface area (Å²) < 4.78 is 0. The molecule has 0 aromatic heterocycles. The molecule has 0 aliphatic rings. The van der Waals surface area contributed by atoms with Crippen LogP contribution in [0, 0.1) is 17.3 Å². The van der Waals surface area contributed by atoms with Crippen molar-refractivity contribution in [2.75, 3.05) is 0 Å². The zero-order chi connectivity index (χ0) is 16.4. The predicted octanol–water partition coefficient (Wildman–Crippen LogP) is 5.30. The number of rotatable bonds is 2. The Bertz CT molecular complexity index is 716. The Morgan fingerprint density at radius 3 is 1.91 bits per heavy atom. The van der Waals surface area contributed by atoms with Gasteiger partial charge < -0.3 is 0 Å². The van der Waals surface area contributed by atoms with Gasteiger partial charge in [0.15, 0.2) is 0 Å². The Hall–Kier alpha value is -1.78. The molecule has 2 rings (SSSR count). The van der Waals surface area contributed by atoms with Crippen LogP contribution in [0.15, 0.2) is 48.5 Å². The molecule has 0 saturated heterocycles. The molecular formula is C21H26Si. The van der Waals surface area contributed by atoms with Crippen molar-refractivity contribution in [1.82, 2.24) is 0 Å². The van der Waals surface area contributed by atoms with E-state index in [4.69, 9.17) is 0 Å². The van der Waals surface area contributed by atoms with Crippen LogP contribution in [0.2, 0.25) is 19.6 Å². The summed E-state index contributed by atoms with van der Waals surface area (Å²) in [4.78, 5) is 0. The van der Waals surface area contributed by atoms with E-state index in [1.54, 1.807) is 0 Å². The highest BCUT2D eigenvalue weighted by atomic mass is 28.3. The molecule has 0 amide bonds. The quantitative estimate of drug-likeness (QED) is 0.522. The van der Waals surface area contributed by atoms with Gasteiger partial charge in [-0.3, -0.25) is 0 Å². The highest BCUT2D eigenvalue weighted by Gasteiger charge is 2.21. The van der Waals surface area contributed by atoms with Gasteiger partial charge in [0.1, 0.15) is 0 Å². The zero-order valence-electron chi connectivity index (χ0n) is 14.6. The van der Waals surface area contributed by atoms with Crippen molar-refractivity contribution in [1.29, 1.82) is 0 Å². The van der Waals surface area contributed by atoms with Crippen LogP contribution in [0.5, 0.6) is 0 Å². The van der Waals surface area contributed by atoms with Gasteiger partial charge in [-0.2, -0.15) is 0 Å². The van der Waals surface area contributed by atoms with Crippen LogP contribution in [0.1, 0.15) is 26.3 Å². The van der Waals surface area contributed by atoms with Crippen molar-refractivity contribution in [3.05, 3.63) is 54.1 Å². The average Bonchev–Trinajstić information content (AvgIpc) is 2.44. The molecule has 0 fully saturated rings. The summed E-state index contributed by atoms with van der Waals surface area (Å²) in [5, 5.41) is 1.50. The standard InChI is InChI=1S/C21H26Si/c1-21(2,3)16-15-17-11-7-8-12-18(17)19-13-9-10-14-20(19)22(4,5)6/h7-14H,1-6H3. The summed E-state index contributed by atoms with van der Waals surface area (Å²) in [6, 6.07) is 17.3. The number of hydrogen-bond donors (Lipinski definition) is 0. The van der Waals surface area contributed by atoms with Crippen LogP contribution in [0.4, 0.5) is 0 Å². The summed E-state index contributed by atoms with van der Waals surface area (Å²) in [5.41, 5.74) is 3.76. The first-order valence-electron chi connectivity index (χ1n) is 7.90. The highest BCUT2D eigenvalue weighted by molar-refractivity contribution is 6.89. The molecule has 1 heteroatoms. The van der Waals surface area contributed by atoms with Gasteiger partial charge in [0.05, 0.1) is 8.07 Å². The van der Waals surface area contributed by atoms with Crippen LogP contribution in [0.3, 0.4) is 0 Å². The van der Waals surface area contributed by atoms with Gasteiger partial charge in [-0.25, -0.2) is 0 Å². The summed E-state index contributed by atoms with van der Waals surface area (Å²) in [7, 11) is -1.39. The fraction of sp³-hybridized carbons (Fsp3) is 0.333. The minimum atomic E-state index is -1.39. The van der Waals surface area contributed by atoms with Crippen LogP contribution in [-0.2, 0) is 0 Å². The molecule has 114 valence electrons. The number of benzene rings is 2. The lowest BCUT2D eigenvalue weighted by molar-refractivity contribution is 0.571. The predicted molar refractivity (Wildman–Crippen MR) is 101 cm³/mol. The second-order valence-electron chi connectivity index (χ2n) is 7.84. The second-order valence-corrected chi connectivity index (χ2v) is 12.9. The molecule has 0 heterocycles. The molecule has 0 radical (unpaired) electrons. The minimum Gasteiger partial charge on any atom is -0.0919 e. The Labute approximate surface area is 136 Å². The summed E-state index contributed by atoms with van der Waals surface area (Å²) >= 11 is 0. The Morgan fingerprint density at radius 2 is 1.32 bits per heavy atom. The van der Waals surface area contributed by atoms with Gasteiger partial charge >= 0.3 is 0 Å². The van der Waals surface area contributed by atoms with E-state index in [1.807, 2.05) is 0 Å². The fourth-order valence-electron chi connectivity index (χ4n) is 2.45. The fourth-order valence-corrected chi connectivity index (χ4v) is 4.08. The molecule has 0 saturated carbocycles. The van der Waals surface area contributed by atoms with Crippen molar-refractivity contribution in [3.8, 4) is 23.0 Å². The normalized spacial score (nSPS) is 11.7. The Balaban J connectivity index is 2.63. The topological polar surface area (TPSA) is 0 Å². The maximum atomic E-state index is 3.40. The largest absolute Gasteiger partial charge is 0.0919 e. The molecule has 0 aliphatic heterocycles.